The Morgan fingerprint density at radius 1 is 1.09 bits per heavy atom. The zero-order valence-electron chi connectivity index (χ0n) is 19.2. The summed E-state index contributed by atoms with van der Waals surface area (Å²) >= 11 is 0. The highest BCUT2D eigenvalue weighted by Crippen LogP contribution is 2.44. The van der Waals surface area contributed by atoms with Crippen molar-refractivity contribution in [1.29, 1.82) is 0 Å². The van der Waals surface area contributed by atoms with E-state index in [4.69, 9.17) is 14.6 Å². The summed E-state index contributed by atoms with van der Waals surface area (Å²) in [6.07, 6.45) is 0.608. The number of carboxylic acid groups (broad SMARTS) is 1. The Bertz CT molecular complexity index is 1020. The maximum atomic E-state index is 12.9. The molecule has 0 spiro atoms. The van der Waals surface area contributed by atoms with Crippen molar-refractivity contribution in [3.05, 3.63) is 59.7 Å². The SMILES string of the molecule is CC(CNC(=O)C1(CNC(=O)OCC2c3ccccc3-c3ccccc32)CCCOC1)C(=O)O. The number of alkyl carbamates (subject to hydrolysis) is 1. The lowest BCUT2D eigenvalue weighted by atomic mass is 9.81. The molecule has 2 amide bonds. The van der Waals surface area contributed by atoms with Gasteiger partial charge in [0.15, 0.2) is 0 Å². The molecule has 1 aliphatic carbocycles. The average molecular weight is 467 g/mol. The van der Waals surface area contributed by atoms with E-state index in [9.17, 15) is 14.4 Å². The predicted octanol–water partition coefficient (Wildman–Crippen LogP) is 3.16. The normalized spacial score (nSPS) is 20.0. The number of hydrogen-bond acceptors (Lipinski definition) is 5. The Morgan fingerprint density at radius 3 is 2.32 bits per heavy atom. The number of amides is 2. The minimum Gasteiger partial charge on any atom is -0.481 e. The van der Waals surface area contributed by atoms with Gasteiger partial charge in [-0.1, -0.05) is 55.5 Å². The second-order valence-corrected chi connectivity index (χ2v) is 9.06. The van der Waals surface area contributed by atoms with Crippen LogP contribution in [0.4, 0.5) is 4.79 Å². The van der Waals surface area contributed by atoms with Crippen LogP contribution in [0.2, 0.25) is 0 Å². The molecule has 2 unspecified atom stereocenters. The molecule has 0 bridgehead atoms. The second-order valence-electron chi connectivity index (χ2n) is 9.06. The van der Waals surface area contributed by atoms with E-state index >= 15 is 0 Å². The van der Waals surface area contributed by atoms with Crippen molar-refractivity contribution in [2.75, 3.05) is 32.9 Å². The van der Waals surface area contributed by atoms with Crippen molar-refractivity contribution in [1.82, 2.24) is 10.6 Å². The van der Waals surface area contributed by atoms with Crippen molar-refractivity contribution in [3.63, 3.8) is 0 Å². The van der Waals surface area contributed by atoms with Gasteiger partial charge in [-0.3, -0.25) is 9.59 Å². The Labute approximate surface area is 198 Å². The van der Waals surface area contributed by atoms with Crippen molar-refractivity contribution in [3.8, 4) is 11.1 Å². The molecule has 1 saturated heterocycles. The lowest BCUT2D eigenvalue weighted by Crippen LogP contribution is -2.53. The van der Waals surface area contributed by atoms with Crippen LogP contribution < -0.4 is 10.6 Å². The number of ether oxygens (including phenoxy) is 2. The van der Waals surface area contributed by atoms with Gasteiger partial charge in [0.1, 0.15) is 6.61 Å². The van der Waals surface area contributed by atoms with Gasteiger partial charge in [-0.15, -0.1) is 0 Å². The monoisotopic (exact) mass is 466 g/mol. The number of benzene rings is 2. The van der Waals surface area contributed by atoms with Crippen LogP contribution in [0.15, 0.2) is 48.5 Å². The number of hydrogen-bond donors (Lipinski definition) is 3. The van der Waals surface area contributed by atoms with Crippen LogP contribution in [0.5, 0.6) is 0 Å². The Hall–Kier alpha value is -3.39. The topological polar surface area (TPSA) is 114 Å². The van der Waals surface area contributed by atoms with Crippen molar-refractivity contribution in [2.24, 2.45) is 11.3 Å². The summed E-state index contributed by atoms with van der Waals surface area (Å²) in [6, 6.07) is 16.2. The van der Waals surface area contributed by atoms with Gasteiger partial charge in [0.05, 0.1) is 17.9 Å². The van der Waals surface area contributed by atoms with E-state index in [2.05, 4.69) is 34.9 Å². The number of carbonyl (C=O) groups is 3. The third kappa shape index (κ3) is 4.92. The lowest BCUT2D eigenvalue weighted by molar-refractivity contribution is -0.142. The molecule has 1 fully saturated rings. The number of fused-ring (bicyclic) bond motifs is 3. The van der Waals surface area contributed by atoms with Gasteiger partial charge < -0.3 is 25.2 Å². The molecule has 0 aromatic heterocycles. The molecule has 2 aromatic rings. The van der Waals surface area contributed by atoms with Crippen LogP contribution >= 0.6 is 0 Å². The van der Waals surface area contributed by atoms with Crippen LogP contribution in [-0.2, 0) is 19.1 Å². The summed E-state index contributed by atoms with van der Waals surface area (Å²) in [5.74, 6) is -2.06. The third-order valence-electron chi connectivity index (χ3n) is 6.71. The fourth-order valence-corrected chi connectivity index (χ4v) is 4.66. The van der Waals surface area contributed by atoms with Gasteiger partial charge in [-0.2, -0.15) is 0 Å². The molecule has 8 heteroatoms. The molecule has 1 heterocycles. The van der Waals surface area contributed by atoms with Gasteiger partial charge in [0.2, 0.25) is 5.91 Å². The number of aliphatic carboxylic acids is 1. The van der Waals surface area contributed by atoms with E-state index in [1.807, 2.05) is 24.3 Å². The zero-order valence-corrected chi connectivity index (χ0v) is 19.2. The molecule has 0 radical (unpaired) electrons. The standard InChI is InChI=1S/C26H30N2O6/c1-17(23(29)30)13-27-24(31)26(11-6-12-33-16-26)15-28-25(32)34-14-22-20-9-4-2-7-18(20)19-8-3-5-10-21(19)22/h2-5,7-10,17,22H,6,11-16H2,1H3,(H,27,31)(H,28,32)(H,29,30). The van der Waals surface area contributed by atoms with Gasteiger partial charge >= 0.3 is 12.1 Å². The number of carboxylic acids is 1. The fraction of sp³-hybridized carbons (Fsp3) is 0.423. The summed E-state index contributed by atoms with van der Waals surface area (Å²) < 4.78 is 11.1. The quantitative estimate of drug-likeness (QED) is 0.551. The Balaban J connectivity index is 1.37. The van der Waals surface area contributed by atoms with E-state index in [0.29, 0.717) is 19.4 Å². The van der Waals surface area contributed by atoms with Gasteiger partial charge in [-0.25, -0.2) is 4.79 Å². The number of rotatable bonds is 8. The molecular weight excluding hydrogens is 436 g/mol. The minimum absolute atomic E-state index is 0.0147. The molecule has 2 aromatic carbocycles. The van der Waals surface area contributed by atoms with Crippen LogP contribution in [0.3, 0.4) is 0 Å². The number of nitrogens with one attached hydrogen (secondary N) is 2. The van der Waals surface area contributed by atoms with Gasteiger partial charge in [0.25, 0.3) is 0 Å². The first-order valence-electron chi connectivity index (χ1n) is 11.6. The van der Waals surface area contributed by atoms with Gasteiger partial charge in [-0.05, 0) is 35.1 Å². The summed E-state index contributed by atoms with van der Waals surface area (Å²) in [7, 11) is 0. The summed E-state index contributed by atoms with van der Waals surface area (Å²) in [5, 5.41) is 14.5. The van der Waals surface area contributed by atoms with Crippen molar-refractivity contribution in [2.45, 2.75) is 25.7 Å². The molecule has 34 heavy (non-hydrogen) atoms. The van der Waals surface area contributed by atoms with E-state index < -0.39 is 23.4 Å². The smallest absolute Gasteiger partial charge is 0.407 e. The molecular formula is C26H30N2O6. The molecule has 0 saturated carbocycles. The largest absolute Gasteiger partial charge is 0.481 e. The van der Waals surface area contributed by atoms with Crippen LogP contribution in [0.25, 0.3) is 11.1 Å². The Morgan fingerprint density at radius 2 is 1.74 bits per heavy atom. The highest BCUT2D eigenvalue weighted by Gasteiger charge is 2.41. The molecule has 8 nitrogen and oxygen atoms in total. The molecule has 4 rings (SSSR count). The third-order valence-corrected chi connectivity index (χ3v) is 6.71. The highest BCUT2D eigenvalue weighted by atomic mass is 16.5. The van der Waals surface area contributed by atoms with E-state index in [0.717, 1.165) is 22.3 Å². The number of carbonyl (C=O) groups excluding carboxylic acids is 2. The maximum Gasteiger partial charge on any atom is 0.407 e. The van der Waals surface area contributed by atoms with Gasteiger partial charge in [0, 0.05) is 25.6 Å². The van der Waals surface area contributed by atoms with Crippen LogP contribution in [0, 0.1) is 11.3 Å². The first-order valence-corrected chi connectivity index (χ1v) is 11.6. The minimum atomic E-state index is -0.981. The molecule has 2 atom stereocenters. The molecule has 3 N–H and O–H groups in total. The van der Waals surface area contributed by atoms with Crippen molar-refractivity contribution < 1.29 is 29.0 Å². The molecule has 180 valence electrons. The van der Waals surface area contributed by atoms with E-state index in [1.165, 1.54) is 6.92 Å². The second kappa shape index (κ2) is 10.3. The van der Waals surface area contributed by atoms with Crippen LogP contribution in [0.1, 0.15) is 36.8 Å². The predicted molar refractivity (Wildman–Crippen MR) is 125 cm³/mol. The summed E-state index contributed by atoms with van der Waals surface area (Å²) in [4.78, 5) is 36.6. The first kappa shape index (κ1) is 23.8. The first-order chi connectivity index (χ1) is 16.4. The summed E-state index contributed by atoms with van der Waals surface area (Å²) in [6.45, 7) is 2.49. The van der Waals surface area contributed by atoms with Crippen LogP contribution in [-0.4, -0.2) is 56.0 Å². The Kier molecular flexibility index (Phi) is 7.17. The molecule has 1 aliphatic heterocycles. The van der Waals surface area contributed by atoms with E-state index in [1.54, 1.807) is 0 Å². The van der Waals surface area contributed by atoms with Crippen molar-refractivity contribution >= 4 is 18.0 Å². The molecule has 2 aliphatic rings. The fourth-order valence-electron chi connectivity index (χ4n) is 4.66. The maximum absolute atomic E-state index is 12.9. The average Bonchev–Trinajstić information content (AvgIpc) is 3.18. The summed E-state index contributed by atoms with van der Waals surface area (Å²) in [5.41, 5.74) is 3.60. The zero-order chi connectivity index (χ0) is 24.1. The highest BCUT2D eigenvalue weighted by molar-refractivity contribution is 5.84. The van der Waals surface area contributed by atoms with E-state index in [-0.39, 0.29) is 38.1 Å². The lowest BCUT2D eigenvalue weighted by Gasteiger charge is -2.35.